The minimum atomic E-state index is -1.07. The molecule has 0 spiro atoms. The maximum atomic E-state index is 12.2. The van der Waals surface area contributed by atoms with Crippen LogP contribution in [0.5, 0.6) is 0 Å². The Morgan fingerprint density at radius 3 is 2.85 bits per heavy atom. The van der Waals surface area contributed by atoms with Gasteiger partial charge in [0, 0.05) is 31.6 Å². The highest BCUT2D eigenvalue weighted by atomic mass is 16.4. The van der Waals surface area contributed by atoms with E-state index in [1.807, 2.05) is 6.07 Å². The maximum absolute atomic E-state index is 12.2. The summed E-state index contributed by atoms with van der Waals surface area (Å²) < 4.78 is 0. The molecule has 1 aromatic heterocycles. The number of hydrogen-bond acceptors (Lipinski definition) is 4. The lowest BCUT2D eigenvalue weighted by Crippen LogP contribution is -2.34. The van der Waals surface area contributed by atoms with Crippen LogP contribution in [-0.4, -0.2) is 40.0 Å². The smallest absolute Gasteiger partial charge is 0.328 e. The van der Waals surface area contributed by atoms with Gasteiger partial charge in [0.1, 0.15) is 0 Å². The van der Waals surface area contributed by atoms with E-state index in [0.29, 0.717) is 11.1 Å². The molecule has 0 bridgehead atoms. The second-order valence-corrected chi connectivity index (χ2v) is 4.31. The predicted octanol–water partition coefficient (Wildman–Crippen LogP) is 1.55. The fourth-order valence-electron chi connectivity index (χ4n) is 1.51. The normalized spacial score (nSPS) is 11.8. The number of carbonyl (C=O) groups excluding carboxylic acids is 1. The topological polar surface area (TPSA) is 94.3 Å². The highest BCUT2D eigenvalue weighted by Gasteiger charge is 2.17. The minimum absolute atomic E-state index is 0.203. The van der Waals surface area contributed by atoms with E-state index in [0.717, 1.165) is 6.08 Å². The second kappa shape index (κ2) is 7.04. The van der Waals surface area contributed by atoms with Crippen LogP contribution in [0, 0.1) is 11.3 Å². The van der Waals surface area contributed by atoms with Crippen LogP contribution in [0.4, 0.5) is 0 Å². The second-order valence-electron chi connectivity index (χ2n) is 4.31. The van der Waals surface area contributed by atoms with E-state index in [4.69, 9.17) is 10.4 Å². The standard InChI is InChI=1S/C14H15N3O3/c1-10(5-6-15)17(2)14(20)12-7-11(8-16-9-12)3-4-13(18)19/h3-4,7-10H,5H2,1-2H3,(H,18,19). The van der Waals surface area contributed by atoms with Crippen molar-refractivity contribution in [3.05, 3.63) is 35.7 Å². The SMILES string of the molecule is CC(CC#N)N(C)C(=O)c1cncc(C=CC(=O)O)c1. The summed E-state index contributed by atoms with van der Waals surface area (Å²) in [6, 6.07) is 3.37. The third kappa shape index (κ3) is 4.21. The number of carbonyl (C=O) groups is 2. The molecule has 1 aromatic rings. The van der Waals surface area contributed by atoms with Gasteiger partial charge in [0.05, 0.1) is 18.1 Å². The molecule has 1 unspecified atom stereocenters. The molecule has 1 amide bonds. The van der Waals surface area contributed by atoms with Gasteiger partial charge in [-0.3, -0.25) is 9.78 Å². The molecule has 0 radical (unpaired) electrons. The molecule has 1 heterocycles. The van der Waals surface area contributed by atoms with Gasteiger partial charge in [-0.05, 0) is 24.6 Å². The molecule has 0 saturated heterocycles. The average Bonchev–Trinajstić information content (AvgIpc) is 2.44. The van der Waals surface area contributed by atoms with E-state index >= 15 is 0 Å². The van der Waals surface area contributed by atoms with Crippen molar-refractivity contribution in [1.82, 2.24) is 9.88 Å². The summed E-state index contributed by atoms with van der Waals surface area (Å²) in [6.07, 6.45) is 5.47. The highest BCUT2D eigenvalue weighted by molar-refractivity contribution is 5.94. The summed E-state index contributed by atoms with van der Waals surface area (Å²) in [7, 11) is 1.62. The molecule has 6 heteroatoms. The van der Waals surface area contributed by atoms with Crippen molar-refractivity contribution < 1.29 is 14.7 Å². The van der Waals surface area contributed by atoms with Gasteiger partial charge in [0.25, 0.3) is 5.91 Å². The largest absolute Gasteiger partial charge is 0.478 e. The number of aliphatic carboxylic acids is 1. The summed E-state index contributed by atoms with van der Waals surface area (Å²) in [5, 5.41) is 17.2. The van der Waals surface area contributed by atoms with E-state index in [9.17, 15) is 9.59 Å². The molecule has 1 atom stereocenters. The number of carboxylic acids is 1. The van der Waals surface area contributed by atoms with Crippen LogP contribution in [-0.2, 0) is 4.79 Å². The Morgan fingerprint density at radius 1 is 1.55 bits per heavy atom. The number of nitrogens with zero attached hydrogens (tertiary/aromatic N) is 3. The van der Waals surface area contributed by atoms with Crippen molar-refractivity contribution in [2.24, 2.45) is 0 Å². The number of nitriles is 1. The van der Waals surface area contributed by atoms with Crippen LogP contribution in [0.1, 0.15) is 29.3 Å². The van der Waals surface area contributed by atoms with Crippen molar-refractivity contribution >= 4 is 18.0 Å². The lowest BCUT2D eigenvalue weighted by Gasteiger charge is -2.22. The van der Waals surface area contributed by atoms with Crippen LogP contribution in [0.2, 0.25) is 0 Å². The zero-order chi connectivity index (χ0) is 15.1. The fraction of sp³-hybridized carbons (Fsp3) is 0.286. The molecule has 0 saturated carbocycles. The first-order valence-corrected chi connectivity index (χ1v) is 5.96. The van der Waals surface area contributed by atoms with Gasteiger partial charge in [-0.1, -0.05) is 0 Å². The number of hydrogen-bond donors (Lipinski definition) is 1. The van der Waals surface area contributed by atoms with Crippen LogP contribution < -0.4 is 0 Å². The molecule has 20 heavy (non-hydrogen) atoms. The van der Waals surface area contributed by atoms with E-state index in [-0.39, 0.29) is 18.4 Å². The Balaban J connectivity index is 2.91. The summed E-state index contributed by atoms with van der Waals surface area (Å²) in [5.41, 5.74) is 0.879. The van der Waals surface area contributed by atoms with E-state index in [1.54, 1.807) is 20.0 Å². The molecule has 0 aliphatic carbocycles. The Kier molecular flexibility index (Phi) is 5.42. The van der Waals surface area contributed by atoms with Gasteiger partial charge < -0.3 is 10.0 Å². The zero-order valence-electron chi connectivity index (χ0n) is 11.3. The van der Waals surface area contributed by atoms with Gasteiger partial charge in [0.2, 0.25) is 0 Å². The minimum Gasteiger partial charge on any atom is -0.478 e. The molecule has 6 nitrogen and oxygen atoms in total. The highest BCUT2D eigenvalue weighted by Crippen LogP contribution is 2.10. The summed E-state index contributed by atoms with van der Waals surface area (Å²) in [5.74, 6) is -1.33. The molecule has 0 fully saturated rings. The molecule has 1 rings (SSSR count). The van der Waals surface area contributed by atoms with Crippen molar-refractivity contribution in [1.29, 1.82) is 5.26 Å². The van der Waals surface area contributed by atoms with Crippen LogP contribution in [0.25, 0.3) is 6.08 Å². The summed E-state index contributed by atoms with van der Waals surface area (Å²) >= 11 is 0. The number of pyridine rings is 1. The number of aromatic nitrogens is 1. The fourth-order valence-corrected chi connectivity index (χ4v) is 1.51. The van der Waals surface area contributed by atoms with Crippen LogP contribution in [0.15, 0.2) is 24.5 Å². The lowest BCUT2D eigenvalue weighted by atomic mass is 10.1. The Bertz CT molecular complexity index is 575. The van der Waals surface area contributed by atoms with Gasteiger partial charge in [-0.15, -0.1) is 0 Å². The summed E-state index contributed by atoms with van der Waals surface area (Å²) in [4.78, 5) is 28.0. The molecule has 1 N–H and O–H groups in total. The van der Waals surface area contributed by atoms with Gasteiger partial charge in [0.15, 0.2) is 0 Å². The first-order valence-electron chi connectivity index (χ1n) is 5.96. The molecule has 0 aliphatic rings. The Morgan fingerprint density at radius 2 is 2.25 bits per heavy atom. The molecule has 104 valence electrons. The maximum Gasteiger partial charge on any atom is 0.328 e. The van der Waals surface area contributed by atoms with Crippen molar-refractivity contribution in [2.45, 2.75) is 19.4 Å². The number of amides is 1. The lowest BCUT2D eigenvalue weighted by molar-refractivity contribution is -0.131. The van der Waals surface area contributed by atoms with E-state index < -0.39 is 5.97 Å². The Labute approximate surface area is 117 Å². The van der Waals surface area contributed by atoms with Crippen molar-refractivity contribution in [3.63, 3.8) is 0 Å². The monoisotopic (exact) mass is 273 g/mol. The number of carboxylic acid groups (broad SMARTS) is 1. The Hall–Kier alpha value is -2.68. The third-order valence-electron chi connectivity index (χ3n) is 2.79. The van der Waals surface area contributed by atoms with Crippen LogP contribution >= 0.6 is 0 Å². The van der Waals surface area contributed by atoms with Crippen molar-refractivity contribution in [2.75, 3.05) is 7.05 Å². The predicted molar refractivity (Wildman–Crippen MR) is 72.7 cm³/mol. The third-order valence-corrected chi connectivity index (χ3v) is 2.79. The van der Waals surface area contributed by atoms with Gasteiger partial charge in [-0.2, -0.15) is 5.26 Å². The molecule has 0 aromatic carbocycles. The first kappa shape index (κ1) is 15.4. The van der Waals surface area contributed by atoms with Gasteiger partial charge in [-0.25, -0.2) is 4.79 Å². The van der Waals surface area contributed by atoms with E-state index in [1.165, 1.54) is 23.4 Å². The average molecular weight is 273 g/mol. The molecular weight excluding hydrogens is 258 g/mol. The molecule has 0 aliphatic heterocycles. The zero-order valence-corrected chi connectivity index (χ0v) is 11.3. The molecular formula is C14H15N3O3. The van der Waals surface area contributed by atoms with Gasteiger partial charge >= 0.3 is 5.97 Å². The van der Waals surface area contributed by atoms with Crippen LogP contribution in [0.3, 0.4) is 0 Å². The van der Waals surface area contributed by atoms with Crippen molar-refractivity contribution in [3.8, 4) is 6.07 Å². The summed E-state index contributed by atoms with van der Waals surface area (Å²) in [6.45, 7) is 1.78. The quantitative estimate of drug-likeness (QED) is 0.821. The number of rotatable bonds is 5. The first-order chi connectivity index (χ1) is 9.45. The van der Waals surface area contributed by atoms with E-state index in [2.05, 4.69) is 4.98 Å².